The Kier molecular flexibility index (Phi) is 3.91. The number of aromatic nitrogens is 2. The number of hydrogen-bond acceptors (Lipinski definition) is 6. The Balaban J connectivity index is 2.22. The molecule has 8 nitrogen and oxygen atoms in total. The number of carbonyl (C=O) groups is 1. The van der Waals surface area contributed by atoms with E-state index in [-0.39, 0.29) is 5.65 Å². The van der Waals surface area contributed by atoms with Crippen LogP contribution >= 0.6 is 22.6 Å². The molecule has 3 rings (SSSR count). The van der Waals surface area contributed by atoms with E-state index in [2.05, 4.69) is 9.88 Å². The maximum absolute atomic E-state index is 12.2. The normalized spacial score (nSPS) is 15.2. The molecule has 0 aliphatic carbocycles. The molecule has 1 saturated heterocycles. The second kappa shape index (κ2) is 5.72. The molecule has 2 N–H and O–H groups in total. The van der Waals surface area contributed by atoms with Gasteiger partial charge in [-0.25, -0.2) is 9.78 Å². The average molecular weight is 417 g/mol. The number of halogens is 1. The van der Waals surface area contributed by atoms with Crippen LogP contribution in [0.25, 0.3) is 5.65 Å². The van der Waals surface area contributed by atoms with E-state index in [1.807, 2.05) is 28.7 Å². The van der Waals surface area contributed by atoms with E-state index in [1.165, 1.54) is 4.40 Å². The van der Waals surface area contributed by atoms with E-state index in [9.17, 15) is 14.7 Å². The smallest absolute Gasteiger partial charge is 0.358 e. The summed E-state index contributed by atoms with van der Waals surface area (Å²) in [6, 6.07) is 1.83. The van der Waals surface area contributed by atoms with Crippen LogP contribution in [0.4, 0.5) is 5.69 Å². The van der Waals surface area contributed by atoms with Gasteiger partial charge in [-0.2, -0.15) is 0 Å². The molecule has 1 aliphatic heterocycles. The van der Waals surface area contributed by atoms with E-state index in [0.29, 0.717) is 29.9 Å². The largest absolute Gasteiger partial charge is 0.501 e. The first-order valence-electron chi connectivity index (χ1n) is 6.50. The highest BCUT2D eigenvalue weighted by Crippen LogP contribution is 2.22. The van der Waals surface area contributed by atoms with Crippen molar-refractivity contribution in [2.75, 3.05) is 31.2 Å². The molecule has 2 aromatic heterocycles. The number of carboxylic acids is 1. The summed E-state index contributed by atoms with van der Waals surface area (Å²) < 4.78 is 7.10. The standard InChI is InChI=1S/C13H12IN3O5/c14-8-5-7(16-1-3-22-4-2-16)6-17-11(8)15-9(13(20)21)10(18)12(17)19/h5-6,18H,1-4H2,(H,20,21). The van der Waals surface area contributed by atoms with Gasteiger partial charge in [0, 0.05) is 19.3 Å². The summed E-state index contributed by atoms with van der Waals surface area (Å²) in [5, 5.41) is 18.7. The van der Waals surface area contributed by atoms with E-state index < -0.39 is 23.0 Å². The van der Waals surface area contributed by atoms with Crippen LogP contribution in [0, 0.1) is 3.57 Å². The first-order chi connectivity index (χ1) is 10.5. The summed E-state index contributed by atoms with van der Waals surface area (Å²) in [6.07, 6.45) is 1.56. The van der Waals surface area contributed by atoms with Crippen molar-refractivity contribution in [2.45, 2.75) is 0 Å². The SMILES string of the molecule is O=C(O)c1nc2c(I)cc(N3CCOCC3)cn2c(=O)c1O. The number of rotatable bonds is 2. The predicted molar refractivity (Wildman–Crippen MR) is 85.8 cm³/mol. The Bertz CT molecular complexity index is 813. The fraction of sp³-hybridized carbons (Fsp3) is 0.308. The molecule has 22 heavy (non-hydrogen) atoms. The lowest BCUT2D eigenvalue weighted by Gasteiger charge is -2.29. The van der Waals surface area contributed by atoms with Crippen LogP contribution in [-0.4, -0.2) is 51.9 Å². The molecule has 1 aliphatic rings. The van der Waals surface area contributed by atoms with Crippen molar-refractivity contribution < 1.29 is 19.7 Å². The van der Waals surface area contributed by atoms with E-state index >= 15 is 0 Å². The zero-order valence-electron chi connectivity index (χ0n) is 11.3. The van der Waals surface area contributed by atoms with Crippen LogP contribution in [0.1, 0.15) is 10.5 Å². The number of pyridine rings is 1. The van der Waals surface area contributed by atoms with Crippen LogP contribution in [0.15, 0.2) is 17.1 Å². The fourth-order valence-electron chi connectivity index (χ4n) is 2.32. The molecule has 0 aromatic carbocycles. The molecule has 0 atom stereocenters. The monoisotopic (exact) mass is 417 g/mol. The summed E-state index contributed by atoms with van der Waals surface area (Å²) in [5.74, 6) is -2.30. The number of nitrogens with zero attached hydrogens (tertiary/aromatic N) is 3. The quantitative estimate of drug-likeness (QED) is 0.688. The molecule has 116 valence electrons. The van der Waals surface area contributed by atoms with Gasteiger partial charge < -0.3 is 19.8 Å². The third kappa shape index (κ3) is 2.50. The summed E-state index contributed by atoms with van der Waals surface area (Å²) in [6.45, 7) is 2.60. The molecule has 0 spiro atoms. The molecular weight excluding hydrogens is 405 g/mol. The minimum absolute atomic E-state index is 0.206. The molecule has 9 heteroatoms. The molecule has 0 saturated carbocycles. The summed E-state index contributed by atoms with van der Waals surface area (Å²) in [4.78, 5) is 29.2. The zero-order chi connectivity index (χ0) is 15.9. The Morgan fingerprint density at radius 1 is 1.36 bits per heavy atom. The van der Waals surface area contributed by atoms with E-state index in [0.717, 1.165) is 5.69 Å². The number of ether oxygens (including phenoxy) is 1. The Morgan fingerprint density at radius 3 is 2.68 bits per heavy atom. The average Bonchev–Trinajstić information content (AvgIpc) is 2.51. The van der Waals surface area contributed by atoms with Crippen LogP contribution in [0.5, 0.6) is 5.75 Å². The van der Waals surface area contributed by atoms with Crippen molar-refractivity contribution in [1.29, 1.82) is 0 Å². The number of hydrogen-bond donors (Lipinski definition) is 2. The predicted octanol–water partition coefficient (Wildman–Crippen LogP) is 0.539. The minimum Gasteiger partial charge on any atom is -0.501 e. The van der Waals surface area contributed by atoms with Crippen molar-refractivity contribution >= 4 is 39.9 Å². The zero-order valence-corrected chi connectivity index (χ0v) is 13.5. The minimum atomic E-state index is -1.44. The summed E-state index contributed by atoms with van der Waals surface area (Å²) in [7, 11) is 0. The van der Waals surface area contributed by atoms with Crippen molar-refractivity contribution in [3.05, 3.63) is 31.9 Å². The van der Waals surface area contributed by atoms with Crippen LogP contribution < -0.4 is 10.5 Å². The van der Waals surface area contributed by atoms with Crippen molar-refractivity contribution in [3.63, 3.8) is 0 Å². The molecule has 2 aromatic rings. The highest BCUT2D eigenvalue weighted by atomic mass is 127. The highest BCUT2D eigenvalue weighted by Gasteiger charge is 2.20. The van der Waals surface area contributed by atoms with Gasteiger partial charge in [-0.3, -0.25) is 9.20 Å². The first kappa shape index (κ1) is 15.0. The lowest BCUT2D eigenvalue weighted by Crippen LogP contribution is -2.36. The maximum Gasteiger partial charge on any atom is 0.358 e. The Morgan fingerprint density at radius 2 is 2.05 bits per heavy atom. The van der Waals surface area contributed by atoms with Gasteiger partial charge >= 0.3 is 11.5 Å². The summed E-state index contributed by atoms with van der Waals surface area (Å²) >= 11 is 1.99. The van der Waals surface area contributed by atoms with Gasteiger partial charge in [0.25, 0.3) is 0 Å². The van der Waals surface area contributed by atoms with Crippen LogP contribution in [0.2, 0.25) is 0 Å². The first-order valence-corrected chi connectivity index (χ1v) is 7.58. The molecule has 0 unspecified atom stereocenters. The van der Waals surface area contributed by atoms with E-state index in [1.54, 1.807) is 6.20 Å². The van der Waals surface area contributed by atoms with Gasteiger partial charge in [-0.15, -0.1) is 0 Å². The fourth-order valence-corrected chi connectivity index (χ4v) is 3.02. The Labute approximate surface area is 138 Å². The van der Waals surface area contributed by atoms with Gasteiger partial charge in [0.2, 0.25) is 5.75 Å². The lowest BCUT2D eigenvalue weighted by molar-refractivity contribution is 0.0686. The molecule has 3 heterocycles. The molecule has 0 bridgehead atoms. The maximum atomic E-state index is 12.2. The van der Waals surface area contributed by atoms with Gasteiger partial charge in [0.05, 0.1) is 22.5 Å². The van der Waals surface area contributed by atoms with E-state index in [4.69, 9.17) is 9.84 Å². The number of aromatic hydroxyl groups is 1. The van der Waals surface area contributed by atoms with Crippen molar-refractivity contribution in [3.8, 4) is 5.75 Å². The van der Waals surface area contributed by atoms with Gasteiger partial charge in [-0.1, -0.05) is 0 Å². The van der Waals surface area contributed by atoms with Crippen molar-refractivity contribution in [1.82, 2.24) is 9.38 Å². The molecule has 1 fully saturated rings. The molecule has 0 radical (unpaired) electrons. The van der Waals surface area contributed by atoms with Gasteiger partial charge in [0.15, 0.2) is 11.3 Å². The van der Waals surface area contributed by atoms with Gasteiger partial charge in [-0.05, 0) is 28.7 Å². The second-order valence-corrected chi connectivity index (χ2v) is 5.92. The molecule has 0 amide bonds. The van der Waals surface area contributed by atoms with Gasteiger partial charge in [0.1, 0.15) is 0 Å². The lowest BCUT2D eigenvalue weighted by atomic mass is 10.3. The third-order valence-corrected chi connectivity index (χ3v) is 4.21. The molecular formula is C13H12IN3O5. The number of anilines is 1. The van der Waals surface area contributed by atoms with Crippen LogP contribution in [0.3, 0.4) is 0 Å². The number of aromatic carboxylic acids is 1. The number of fused-ring (bicyclic) bond motifs is 1. The third-order valence-electron chi connectivity index (χ3n) is 3.42. The number of morpholine rings is 1. The number of carboxylic acid groups (broad SMARTS) is 1. The Hall–Kier alpha value is -1.88. The topological polar surface area (TPSA) is 104 Å². The summed E-state index contributed by atoms with van der Waals surface area (Å²) in [5.41, 5.74) is -0.429. The highest BCUT2D eigenvalue weighted by molar-refractivity contribution is 14.1. The van der Waals surface area contributed by atoms with Crippen molar-refractivity contribution in [2.24, 2.45) is 0 Å². The van der Waals surface area contributed by atoms with Crippen LogP contribution in [-0.2, 0) is 4.74 Å². The second-order valence-electron chi connectivity index (χ2n) is 4.76.